The van der Waals surface area contributed by atoms with Gasteiger partial charge in [-0.15, -0.1) is 0 Å². The van der Waals surface area contributed by atoms with E-state index in [1.165, 1.54) is 17.2 Å². The molecular formula is C37H35Cl2N5O3. The van der Waals surface area contributed by atoms with Gasteiger partial charge >= 0.3 is 0 Å². The predicted molar refractivity (Wildman–Crippen MR) is 191 cm³/mol. The fourth-order valence-corrected chi connectivity index (χ4v) is 6.71. The molecule has 240 valence electrons. The quantitative estimate of drug-likeness (QED) is 0.145. The van der Waals surface area contributed by atoms with Gasteiger partial charge in [0.05, 0.1) is 41.2 Å². The molecule has 8 nitrogen and oxygen atoms in total. The molecule has 0 radical (unpaired) electrons. The lowest BCUT2D eigenvalue weighted by Gasteiger charge is -2.28. The maximum absolute atomic E-state index is 12.5. The summed E-state index contributed by atoms with van der Waals surface area (Å²) in [5, 5.41) is 7.86. The molecule has 0 spiro atoms. The number of fused-ring (bicyclic) bond motifs is 2. The van der Waals surface area contributed by atoms with Gasteiger partial charge in [-0.3, -0.25) is 9.69 Å². The number of rotatable bonds is 10. The number of nitrogens with one attached hydrogen (secondary N) is 2. The predicted octanol–water partition coefficient (Wildman–Crippen LogP) is 8.40. The first-order chi connectivity index (χ1) is 22.8. The molecule has 1 aromatic heterocycles. The van der Waals surface area contributed by atoms with Crippen LogP contribution in [-0.2, 0) is 24.2 Å². The molecule has 0 atom stereocenters. The second-order valence-electron chi connectivity index (χ2n) is 11.4. The molecule has 1 aliphatic heterocycles. The van der Waals surface area contributed by atoms with E-state index in [0.29, 0.717) is 49.9 Å². The number of hydrogen-bond acceptors (Lipinski definition) is 7. The first-order valence-electron chi connectivity index (χ1n) is 15.3. The summed E-state index contributed by atoms with van der Waals surface area (Å²) in [7, 11) is 3.08. The highest BCUT2D eigenvalue weighted by Gasteiger charge is 2.20. The van der Waals surface area contributed by atoms with E-state index < -0.39 is 0 Å². The molecule has 0 bridgehead atoms. The number of carbonyl (C=O) groups is 1. The first-order valence-corrected chi connectivity index (χ1v) is 16.0. The normalized spacial score (nSPS) is 12.8. The molecule has 0 saturated carbocycles. The van der Waals surface area contributed by atoms with E-state index in [9.17, 15) is 4.79 Å². The third-order valence-electron chi connectivity index (χ3n) is 8.44. The Morgan fingerprint density at radius 2 is 1.77 bits per heavy atom. The first kappa shape index (κ1) is 32.3. The Balaban J connectivity index is 1.25. The number of aryl methyl sites for hydroxylation is 1. The van der Waals surface area contributed by atoms with Crippen LogP contribution in [0, 0.1) is 6.92 Å². The van der Waals surface area contributed by atoms with E-state index in [4.69, 9.17) is 37.7 Å². The van der Waals surface area contributed by atoms with E-state index in [1.807, 2.05) is 31.2 Å². The van der Waals surface area contributed by atoms with Crippen LogP contribution in [0.2, 0.25) is 10.0 Å². The summed E-state index contributed by atoms with van der Waals surface area (Å²) in [6.45, 7) is 8.54. The van der Waals surface area contributed by atoms with Gasteiger partial charge < -0.3 is 20.1 Å². The van der Waals surface area contributed by atoms with Crippen LogP contribution in [0.25, 0.3) is 22.0 Å². The number of hydrogen-bond donors (Lipinski definition) is 2. The summed E-state index contributed by atoms with van der Waals surface area (Å²) in [6.07, 6.45) is 4.90. The van der Waals surface area contributed by atoms with Gasteiger partial charge in [0.2, 0.25) is 11.9 Å². The third-order valence-corrected chi connectivity index (χ3v) is 9.19. The molecule has 1 aliphatic rings. The lowest BCUT2D eigenvalue weighted by Crippen LogP contribution is -2.32. The zero-order valence-electron chi connectivity index (χ0n) is 26.5. The van der Waals surface area contributed by atoms with Crippen molar-refractivity contribution >= 4 is 57.3 Å². The molecule has 0 fully saturated rings. The average molecular weight is 669 g/mol. The van der Waals surface area contributed by atoms with Gasteiger partial charge in [0.25, 0.3) is 0 Å². The lowest BCUT2D eigenvalue weighted by atomic mass is 9.99. The van der Waals surface area contributed by atoms with Crippen LogP contribution in [0.1, 0.15) is 22.3 Å². The van der Waals surface area contributed by atoms with Gasteiger partial charge in [-0.25, -0.2) is 9.97 Å². The second-order valence-corrected chi connectivity index (χ2v) is 12.2. The van der Waals surface area contributed by atoms with Crippen molar-refractivity contribution in [2.24, 2.45) is 0 Å². The van der Waals surface area contributed by atoms with E-state index >= 15 is 0 Å². The SMILES string of the molecule is C=CC(=O)Nc1cc(CCN2CCc3ccccc3C2)cc(C)c1Nc1ncc2cc(-c3c(Cl)c(OC)cc(OC)c3Cl)ccc2n1. The van der Waals surface area contributed by atoms with Crippen LogP contribution in [0.3, 0.4) is 0 Å². The van der Waals surface area contributed by atoms with Gasteiger partial charge in [0.1, 0.15) is 11.5 Å². The largest absolute Gasteiger partial charge is 0.495 e. The van der Waals surface area contributed by atoms with Crippen LogP contribution in [-0.4, -0.2) is 48.1 Å². The standard InChI is InChI=1S/C37H35Cl2N5O3/c1-5-32(45)41-29-17-23(12-14-44-15-13-24-8-6-7-9-26(24)21-44)16-22(2)36(29)43-37-40-20-27-18-25(10-11-28(27)42-37)33-34(38)30(46-3)19-31(47-4)35(33)39/h5-11,16-20H,1,12-15,21H2,2-4H3,(H,41,45)(H,40,42,43). The molecule has 2 N–H and O–H groups in total. The minimum absolute atomic E-state index is 0.296. The third kappa shape index (κ3) is 6.90. The average Bonchev–Trinajstić information content (AvgIpc) is 3.08. The molecule has 4 aromatic carbocycles. The molecule has 0 aliphatic carbocycles. The van der Waals surface area contributed by atoms with E-state index in [-0.39, 0.29) is 5.91 Å². The smallest absolute Gasteiger partial charge is 0.247 e. The van der Waals surface area contributed by atoms with Gasteiger partial charge in [-0.2, -0.15) is 0 Å². The van der Waals surface area contributed by atoms with Crippen molar-refractivity contribution in [1.82, 2.24) is 14.9 Å². The number of benzene rings is 4. The van der Waals surface area contributed by atoms with Gasteiger partial charge in [-0.1, -0.05) is 66.2 Å². The van der Waals surface area contributed by atoms with Crippen molar-refractivity contribution in [2.75, 3.05) is 37.9 Å². The van der Waals surface area contributed by atoms with Crippen LogP contribution in [0.15, 0.2) is 79.5 Å². The minimum atomic E-state index is -0.296. The van der Waals surface area contributed by atoms with Gasteiger partial charge in [-0.05, 0) is 71.9 Å². The Hall–Kier alpha value is -4.63. The fraction of sp³-hybridized carbons (Fsp3) is 0.216. The van der Waals surface area contributed by atoms with Crippen molar-refractivity contribution < 1.29 is 14.3 Å². The van der Waals surface area contributed by atoms with Crippen LogP contribution in [0.4, 0.5) is 17.3 Å². The highest BCUT2D eigenvalue weighted by molar-refractivity contribution is 6.41. The zero-order valence-corrected chi connectivity index (χ0v) is 28.0. The van der Waals surface area contributed by atoms with Crippen molar-refractivity contribution in [3.8, 4) is 22.6 Å². The Bertz CT molecular complexity index is 1970. The number of halogens is 2. The maximum Gasteiger partial charge on any atom is 0.247 e. The molecule has 6 rings (SSSR count). The van der Waals surface area contributed by atoms with Gasteiger partial charge in [0, 0.05) is 42.8 Å². The van der Waals surface area contributed by atoms with E-state index in [0.717, 1.165) is 54.6 Å². The molecule has 47 heavy (non-hydrogen) atoms. The number of aromatic nitrogens is 2. The molecule has 0 unspecified atom stereocenters. The molecule has 10 heteroatoms. The molecule has 2 heterocycles. The van der Waals surface area contributed by atoms with E-state index in [1.54, 1.807) is 26.5 Å². The van der Waals surface area contributed by atoms with Crippen molar-refractivity contribution in [3.63, 3.8) is 0 Å². The zero-order chi connectivity index (χ0) is 33.1. The van der Waals surface area contributed by atoms with Gasteiger partial charge in [0.15, 0.2) is 0 Å². The van der Waals surface area contributed by atoms with E-state index in [2.05, 4.69) is 57.4 Å². The molecule has 0 saturated heterocycles. The summed E-state index contributed by atoms with van der Waals surface area (Å²) < 4.78 is 10.9. The summed E-state index contributed by atoms with van der Waals surface area (Å²) >= 11 is 13.3. The summed E-state index contributed by atoms with van der Waals surface area (Å²) in [4.78, 5) is 24.3. The van der Waals surface area contributed by atoms with Crippen molar-refractivity contribution in [2.45, 2.75) is 26.3 Å². The monoisotopic (exact) mass is 667 g/mol. The number of ether oxygens (including phenoxy) is 2. The fourth-order valence-electron chi connectivity index (χ4n) is 5.99. The Labute approximate surface area is 284 Å². The summed E-state index contributed by atoms with van der Waals surface area (Å²) in [5.74, 6) is 1.01. The molecule has 5 aromatic rings. The number of amides is 1. The number of methoxy groups -OCH3 is 2. The highest BCUT2D eigenvalue weighted by atomic mass is 35.5. The molecule has 1 amide bonds. The summed E-state index contributed by atoms with van der Waals surface area (Å²) in [5.41, 5.74) is 8.35. The molecular weight excluding hydrogens is 633 g/mol. The van der Waals surface area contributed by atoms with Crippen LogP contribution < -0.4 is 20.1 Å². The topological polar surface area (TPSA) is 88.6 Å². The summed E-state index contributed by atoms with van der Waals surface area (Å²) in [6, 6.07) is 20.2. The van der Waals surface area contributed by atoms with Crippen molar-refractivity contribution in [3.05, 3.63) is 112 Å². The highest BCUT2D eigenvalue weighted by Crippen LogP contribution is 2.46. The number of anilines is 3. The Morgan fingerprint density at radius 1 is 1.02 bits per heavy atom. The maximum atomic E-state index is 12.5. The Morgan fingerprint density at radius 3 is 2.49 bits per heavy atom. The number of carbonyl (C=O) groups excluding carboxylic acids is 1. The number of nitrogens with zero attached hydrogens (tertiary/aromatic N) is 3. The Kier molecular flexibility index (Phi) is 9.63. The van der Waals surface area contributed by atoms with Crippen LogP contribution in [0.5, 0.6) is 11.5 Å². The van der Waals surface area contributed by atoms with Crippen LogP contribution >= 0.6 is 23.2 Å². The minimum Gasteiger partial charge on any atom is -0.495 e. The van der Waals surface area contributed by atoms with Crippen molar-refractivity contribution in [1.29, 1.82) is 0 Å². The second kappa shape index (κ2) is 14.0. The lowest BCUT2D eigenvalue weighted by molar-refractivity contribution is -0.111.